The molecule has 2 saturated heterocycles. The molecule has 2 fully saturated rings. The molecule has 2 heterocycles. The van der Waals surface area contributed by atoms with E-state index in [1.165, 1.54) is 18.9 Å². The molecule has 1 amide bonds. The maximum absolute atomic E-state index is 14.5. The first-order chi connectivity index (χ1) is 16.0. The van der Waals surface area contributed by atoms with Crippen molar-refractivity contribution in [2.75, 3.05) is 59.2 Å². The van der Waals surface area contributed by atoms with E-state index in [2.05, 4.69) is 10.6 Å². The van der Waals surface area contributed by atoms with Crippen molar-refractivity contribution in [1.82, 2.24) is 15.5 Å². The standard InChI is InChI=1S/C24H38FN3O5/c25-22-11-21(33-9-1-2-18-5-7-26-8-6-18)4-3-20(22)10-23(32)28-13-19(14-28)12-27-24(15-29,16-30)17-31/h3-4,11,18-19,26-27,29-31H,1-2,5-10,12-17H2. The van der Waals surface area contributed by atoms with Gasteiger partial charge in [-0.15, -0.1) is 0 Å². The summed E-state index contributed by atoms with van der Waals surface area (Å²) in [6, 6.07) is 4.69. The molecular formula is C24H38FN3O5. The van der Waals surface area contributed by atoms with E-state index in [9.17, 15) is 24.5 Å². The van der Waals surface area contributed by atoms with Crippen LogP contribution in [-0.4, -0.2) is 90.8 Å². The second-order valence-corrected chi connectivity index (χ2v) is 9.41. The molecule has 186 valence electrons. The zero-order chi connectivity index (χ0) is 23.7. The number of carbonyl (C=O) groups is 1. The predicted molar refractivity (Wildman–Crippen MR) is 122 cm³/mol. The Morgan fingerprint density at radius 1 is 1.15 bits per heavy atom. The molecule has 0 unspecified atom stereocenters. The number of nitrogens with one attached hydrogen (secondary N) is 2. The van der Waals surface area contributed by atoms with Crippen molar-refractivity contribution in [2.24, 2.45) is 11.8 Å². The molecule has 9 heteroatoms. The average molecular weight is 468 g/mol. The summed E-state index contributed by atoms with van der Waals surface area (Å²) in [5.74, 6) is 0.821. The van der Waals surface area contributed by atoms with Crippen molar-refractivity contribution >= 4 is 5.91 Å². The highest BCUT2D eigenvalue weighted by molar-refractivity contribution is 5.79. The summed E-state index contributed by atoms with van der Waals surface area (Å²) in [7, 11) is 0. The summed E-state index contributed by atoms with van der Waals surface area (Å²) < 4.78 is 20.2. The number of aliphatic hydroxyl groups is 3. The summed E-state index contributed by atoms with van der Waals surface area (Å²) >= 11 is 0. The van der Waals surface area contributed by atoms with Gasteiger partial charge in [0.2, 0.25) is 5.91 Å². The van der Waals surface area contributed by atoms with Gasteiger partial charge in [0.25, 0.3) is 0 Å². The first-order valence-corrected chi connectivity index (χ1v) is 12.0. The minimum Gasteiger partial charge on any atom is -0.493 e. The highest BCUT2D eigenvalue weighted by Gasteiger charge is 2.34. The van der Waals surface area contributed by atoms with Crippen LogP contribution in [0.3, 0.4) is 0 Å². The van der Waals surface area contributed by atoms with Crippen LogP contribution in [0.15, 0.2) is 18.2 Å². The smallest absolute Gasteiger partial charge is 0.227 e. The van der Waals surface area contributed by atoms with Crippen molar-refractivity contribution in [3.05, 3.63) is 29.6 Å². The van der Waals surface area contributed by atoms with Crippen LogP contribution in [0.4, 0.5) is 4.39 Å². The van der Waals surface area contributed by atoms with Crippen LogP contribution in [0.1, 0.15) is 31.2 Å². The van der Waals surface area contributed by atoms with Crippen LogP contribution >= 0.6 is 0 Å². The van der Waals surface area contributed by atoms with Crippen LogP contribution < -0.4 is 15.4 Å². The molecule has 1 aromatic rings. The number of ether oxygens (including phenoxy) is 1. The van der Waals surface area contributed by atoms with Gasteiger partial charge in [0, 0.05) is 31.6 Å². The highest BCUT2D eigenvalue weighted by atomic mass is 19.1. The van der Waals surface area contributed by atoms with Gasteiger partial charge in [0.15, 0.2) is 0 Å². The van der Waals surface area contributed by atoms with Gasteiger partial charge in [-0.1, -0.05) is 6.07 Å². The number of amides is 1. The third-order valence-electron chi connectivity index (χ3n) is 6.83. The lowest BCUT2D eigenvalue weighted by Crippen LogP contribution is -2.60. The topological polar surface area (TPSA) is 114 Å². The monoisotopic (exact) mass is 467 g/mol. The van der Waals surface area contributed by atoms with Crippen LogP contribution in [0.5, 0.6) is 5.75 Å². The van der Waals surface area contributed by atoms with E-state index in [0.717, 1.165) is 31.8 Å². The number of likely N-dealkylation sites (tertiary alicyclic amines) is 1. The minimum absolute atomic E-state index is 0.00413. The maximum atomic E-state index is 14.5. The van der Waals surface area contributed by atoms with E-state index >= 15 is 0 Å². The second kappa shape index (κ2) is 12.6. The van der Waals surface area contributed by atoms with Crippen LogP contribution in [0.2, 0.25) is 0 Å². The van der Waals surface area contributed by atoms with Crippen molar-refractivity contribution in [3.8, 4) is 5.75 Å². The van der Waals surface area contributed by atoms with E-state index in [1.807, 2.05) is 0 Å². The van der Waals surface area contributed by atoms with Gasteiger partial charge in [-0.3, -0.25) is 4.79 Å². The summed E-state index contributed by atoms with van der Waals surface area (Å²) in [5, 5.41) is 34.4. The molecule has 1 aromatic carbocycles. The third-order valence-corrected chi connectivity index (χ3v) is 6.83. The molecule has 5 N–H and O–H groups in total. The number of carbonyl (C=O) groups excluding carboxylic acids is 1. The molecule has 3 rings (SSSR count). The number of piperidine rings is 1. The molecular weight excluding hydrogens is 429 g/mol. The number of aliphatic hydroxyl groups excluding tert-OH is 3. The zero-order valence-corrected chi connectivity index (χ0v) is 19.3. The number of hydrogen-bond acceptors (Lipinski definition) is 7. The number of rotatable bonds is 13. The SMILES string of the molecule is O=C(Cc1ccc(OCCCC2CCNCC2)cc1F)N1CC(CNC(CO)(CO)CO)C1. The predicted octanol–water partition coefficient (Wildman–Crippen LogP) is 0.291. The summed E-state index contributed by atoms with van der Waals surface area (Å²) in [5.41, 5.74) is -0.770. The quantitative estimate of drug-likeness (QED) is 0.265. The number of halogens is 1. The van der Waals surface area contributed by atoms with E-state index in [0.29, 0.717) is 37.6 Å². The van der Waals surface area contributed by atoms with E-state index in [-0.39, 0.29) is 38.1 Å². The Morgan fingerprint density at radius 2 is 1.85 bits per heavy atom. The van der Waals surface area contributed by atoms with E-state index < -0.39 is 11.4 Å². The first kappa shape index (κ1) is 25.8. The summed E-state index contributed by atoms with van der Waals surface area (Å²) in [6.45, 7) is 3.09. The fourth-order valence-electron chi connectivity index (χ4n) is 4.35. The van der Waals surface area contributed by atoms with Crippen LogP contribution in [0, 0.1) is 17.7 Å². The van der Waals surface area contributed by atoms with Crippen molar-refractivity contribution in [3.63, 3.8) is 0 Å². The molecule has 2 aliphatic rings. The minimum atomic E-state index is -1.12. The molecule has 0 bridgehead atoms. The van der Waals surface area contributed by atoms with Gasteiger partial charge in [-0.25, -0.2) is 4.39 Å². The van der Waals surface area contributed by atoms with E-state index in [4.69, 9.17) is 4.74 Å². The third kappa shape index (κ3) is 7.35. The summed E-state index contributed by atoms with van der Waals surface area (Å²) in [4.78, 5) is 14.2. The molecule has 0 aromatic heterocycles. The van der Waals surface area contributed by atoms with Crippen molar-refractivity contribution in [2.45, 2.75) is 37.6 Å². The molecule has 0 aliphatic carbocycles. The van der Waals surface area contributed by atoms with Crippen molar-refractivity contribution in [1.29, 1.82) is 0 Å². The Labute approximate surface area is 195 Å². The van der Waals surface area contributed by atoms with Gasteiger partial charge < -0.3 is 35.6 Å². The number of benzene rings is 1. The highest BCUT2D eigenvalue weighted by Crippen LogP contribution is 2.22. The summed E-state index contributed by atoms with van der Waals surface area (Å²) in [6.07, 6.45) is 4.49. The van der Waals surface area contributed by atoms with Gasteiger partial charge >= 0.3 is 0 Å². The largest absolute Gasteiger partial charge is 0.493 e. The molecule has 2 aliphatic heterocycles. The Morgan fingerprint density at radius 3 is 2.48 bits per heavy atom. The number of nitrogens with zero attached hydrogens (tertiary/aromatic N) is 1. The molecule has 0 radical (unpaired) electrons. The lowest BCUT2D eigenvalue weighted by molar-refractivity contribution is -0.136. The normalized spacial score (nSPS) is 17.8. The molecule has 33 heavy (non-hydrogen) atoms. The van der Waals surface area contributed by atoms with Gasteiger partial charge in [0.1, 0.15) is 11.6 Å². The van der Waals surface area contributed by atoms with Gasteiger partial charge in [-0.2, -0.15) is 0 Å². The maximum Gasteiger partial charge on any atom is 0.227 e. The molecule has 8 nitrogen and oxygen atoms in total. The molecule has 0 saturated carbocycles. The van der Waals surface area contributed by atoms with Gasteiger partial charge in [-0.05, 0) is 56.3 Å². The Kier molecular flexibility index (Phi) is 9.88. The van der Waals surface area contributed by atoms with E-state index in [1.54, 1.807) is 17.0 Å². The first-order valence-electron chi connectivity index (χ1n) is 12.0. The Balaban J connectivity index is 1.36. The average Bonchev–Trinajstić information content (AvgIpc) is 2.81. The second-order valence-electron chi connectivity index (χ2n) is 9.41. The lowest BCUT2D eigenvalue weighted by Gasteiger charge is -2.41. The fraction of sp³-hybridized carbons (Fsp3) is 0.708. The lowest BCUT2D eigenvalue weighted by atomic mass is 9.93. The van der Waals surface area contributed by atoms with Crippen LogP contribution in [-0.2, 0) is 11.2 Å². The van der Waals surface area contributed by atoms with Gasteiger partial charge in [0.05, 0.1) is 38.4 Å². The Bertz CT molecular complexity index is 741. The number of hydrogen-bond donors (Lipinski definition) is 5. The fourth-order valence-corrected chi connectivity index (χ4v) is 4.35. The van der Waals surface area contributed by atoms with Crippen LogP contribution in [0.25, 0.3) is 0 Å². The molecule has 0 atom stereocenters. The molecule has 0 spiro atoms. The zero-order valence-electron chi connectivity index (χ0n) is 19.3. The Hall–Kier alpha value is -1.78. The van der Waals surface area contributed by atoms with Crippen molar-refractivity contribution < 1.29 is 29.2 Å².